The highest BCUT2D eigenvalue weighted by Gasteiger charge is 2.80. The molecule has 3 aliphatic carbocycles. The van der Waals surface area contributed by atoms with E-state index in [-0.39, 0.29) is 11.3 Å². The van der Waals surface area contributed by atoms with Crippen molar-refractivity contribution in [1.29, 1.82) is 0 Å². The van der Waals surface area contributed by atoms with Crippen molar-refractivity contribution in [3.63, 3.8) is 0 Å². The molecular weight excluding hydrogens is 524 g/mol. The second kappa shape index (κ2) is 9.00. The number of aliphatic hydroxyl groups excluding tert-OH is 1. The van der Waals surface area contributed by atoms with Gasteiger partial charge in [0.2, 0.25) is 0 Å². The molecule has 8 atom stereocenters. The minimum absolute atomic E-state index is 0.103. The normalized spacial score (nSPS) is 36.6. The average molecular weight is 561 g/mol. The van der Waals surface area contributed by atoms with Crippen molar-refractivity contribution >= 4 is 28.9 Å². The molecule has 0 radical (unpaired) electrons. The zero-order valence-electron chi connectivity index (χ0n) is 24.3. The van der Waals surface area contributed by atoms with Crippen LogP contribution in [0.2, 0.25) is 0 Å². The maximum atomic E-state index is 14.5. The minimum Gasteiger partial charge on any atom is -0.507 e. The first-order chi connectivity index (χ1) is 19.0. The number of rotatable bonds is 3. The quantitative estimate of drug-likeness (QED) is 0.483. The Morgan fingerprint density at radius 3 is 2.07 bits per heavy atom. The number of aromatic hydroxyl groups is 1. The van der Waals surface area contributed by atoms with Gasteiger partial charge in [0.15, 0.2) is 28.7 Å². The highest BCUT2D eigenvalue weighted by Crippen LogP contribution is 2.66. The van der Waals surface area contributed by atoms with Gasteiger partial charge in [-0.2, -0.15) is 0 Å². The summed E-state index contributed by atoms with van der Waals surface area (Å²) in [7, 11) is 0. The van der Waals surface area contributed by atoms with E-state index in [1.165, 1.54) is 6.92 Å². The molecular formula is C33H36O8. The lowest BCUT2D eigenvalue weighted by atomic mass is 9.37. The van der Waals surface area contributed by atoms with Crippen molar-refractivity contribution in [2.45, 2.75) is 66.1 Å². The zero-order chi connectivity index (χ0) is 30.6. The Morgan fingerprint density at radius 2 is 1.54 bits per heavy atom. The van der Waals surface area contributed by atoms with Gasteiger partial charge < -0.3 is 15.3 Å². The molecule has 8 heteroatoms. The summed E-state index contributed by atoms with van der Waals surface area (Å²) in [5.74, 6) is -11.2. The van der Waals surface area contributed by atoms with Crippen molar-refractivity contribution in [3.8, 4) is 16.9 Å². The van der Waals surface area contributed by atoms with Crippen LogP contribution in [0.5, 0.6) is 5.75 Å². The van der Waals surface area contributed by atoms with Gasteiger partial charge in [0.1, 0.15) is 17.5 Å². The van der Waals surface area contributed by atoms with E-state index in [0.29, 0.717) is 16.7 Å². The fraction of sp³-hybridized carbons (Fsp3) is 0.485. The van der Waals surface area contributed by atoms with Crippen LogP contribution in [0.3, 0.4) is 0 Å². The van der Waals surface area contributed by atoms with Gasteiger partial charge in [-0.1, -0.05) is 76.6 Å². The molecule has 0 amide bonds. The van der Waals surface area contributed by atoms with Gasteiger partial charge in [0, 0.05) is 22.3 Å². The largest absolute Gasteiger partial charge is 0.507 e. The standard InChI is InChI=1S/C33H36O8/c1-14(2)23-26(36)21(17(5)34)28(38)33(41)29(39)24-27(37)22-19(16(4)31(24,6)30(40)32(23,33)7)12-13-20(25(22)35)18-10-8-15(3)9-11-18/h8-14,16,21,23-24,30,35,40-41H,1-7H3/t16-,21?,23?,24?,30-,31+,32+,33+/m1/s1. The molecule has 3 N–H and O–H groups in total. The van der Waals surface area contributed by atoms with Crippen LogP contribution in [0, 0.1) is 41.4 Å². The van der Waals surface area contributed by atoms with Gasteiger partial charge in [-0.15, -0.1) is 0 Å². The number of ketones is 5. The summed E-state index contributed by atoms with van der Waals surface area (Å²) < 4.78 is 0. The topological polar surface area (TPSA) is 146 Å². The number of carbonyl (C=O) groups is 5. The Kier molecular flexibility index (Phi) is 6.37. The predicted octanol–water partition coefficient (Wildman–Crippen LogP) is 3.60. The van der Waals surface area contributed by atoms with Gasteiger partial charge in [0.25, 0.3) is 0 Å². The molecule has 5 rings (SSSR count). The molecule has 41 heavy (non-hydrogen) atoms. The van der Waals surface area contributed by atoms with Crippen LogP contribution in [0.25, 0.3) is 11.1 Å². The number of aliphatic hydroxyl groups is 2. The van der Waals surface area contributed by atoms with Crippen LogP contribution in [0.4, 0.5) is 0 Å². The molecule has 2 aromatic carbocycles. The molecule has 3 aliphatic rings. The van der Waals surface area contributed by atoms with Crippen molar-refractivity contribution in [2.24, 2.45) is 34.5 Å². The first-order valence-electron chi connectivity index (χ1n) is 14.0. The molecule has 3 unspecified atom stereocenters. The Labute approximate surface area is 238 Å². The van der Waals surface area contributed by atoms with Crippen LogP contribution < -0.4 is 0 Å². The summed E-state index contributed by atoms with van der Waals surface area (Å²) in [6.45, 7) is 10.9. The number of Topliss-reactive ketones (excluding diaryl/α,β-unsaturated/α-hetero) is 5. The van der Waals surface area contributed by atoms with E-state index in [2.05, 4.69) is 0 Å². The maximum absolute atomic E-state index is 14.5. The SMILES string of the molecule is CC(=O)C1C(=O)C(C(C)C)[C@@]2(C)[C@H](O)[C@]3(C)C(C(=O)c4c(ccc(-c5ccc(C)cc5)c4O)[C@H]3C)C(=O)[C@@]2(O)C1=O. The van der Waals surface area contributed by atoms with Crippen molar-refractivity contribution < 1.29 is 39.3 Å². The first-order valence-corrected chi connectivity index (χ1v) is 14.0. The van der Waals surface area contributed by atoms with E-state index in [1.54, 1.807) is 52.0 Å². The van der Waals surface area contributed by atoms with Gasteiger partial charge in [-0.25, -0.2) is 0 Å². The average Bonchev–Trinajstić information content (AvgIpc) is 2.89. The number of fused-ring (bicyclic) bond motifs is 3. The Morgan fingerprint density at radius 1 is 0.951 bits per heavy atom. The number of aryl methyl sites for hydroxylation is 1. The molecule has 2 aromatic rings. The number of carbonyl (C=O) groups excluding carboxylic acids is 5. The second-order valence-electron chi connectivity index (χ2n) is 13.0. The van der Waals surface area contributed by atoms with Crippen LogP contribution in [0.1, 0.15) is 68.9 Å². The molecule has 2 fully saturated rings. The fourth-order valence-electron chi connectivity index (χ4n) is 8.32. The fourth-order valence-corrected chi connectivity index (χ4v) is 8.32. The third-order valence-electron chi connectivity index (χ3n) is 10.6. The van der Waals surface area contributed by atoms with Gasteiger partial charge in [-0.05, 0) is 36.8 Å². The van der Waals surface area contributed by atoms with E-state index in [9.17, 15) is 39.3 Å². The third-order valence-corrected chi connectivity index (χ3v) is 10.6. The Bertz CT molecular complexity index is 1540. The number of phenols is 1. The summed E-state index contributed by atoms with van der Waals surface area (Å²) in [6.07, 6.45) is -1.68. The van der Waals surface area contributed by atoms with Crippen molar-refractivity contribution in [2.75, 3.05) is 0 Å². The van der Waals surface area contributed by atoms with Crippen molar-refractivity contribution in [3.05, 3.63) is 53.1 Å². The molecule has 0 spiro atoms. The molecule has 2 saturated carbocycles. The number of hydrogen-bond donors (Lipinski definition) is 3. The smallest absolute Gasteiger partial charge is 0.191 e. The second-order valence-corrected chi connectivity index (χ2v) is 13.0. The van der Waals surface area contributed by atoms with Crippen molar-refractivity contribution in [1.82, 2.24) is 0 Å². The molecule has 0 aliphatic heterocycles. The summed E-state index contributed by atoms with van der Waals surface area (Å²) in [4.78, 5) is 68.8. The monoisotopic (exact) mass is 560 g/mol. The summed E-state index contributed by atoms with van der Waals surface area (Å²) in [6, 6.07) is 10.7. The number of hydrogen-bond acceptors (Lipinski definition) is 8. The maximum Gasteiger partial charge on any atom is 0.191 e. The summed E-state index contributed by atoms with van der Waals surface area (Å²) in [5, 5.41) is 35.8. The Balaban J connectivity index is 1.78. The molecule has 8 nitrogen and oxygen atoms in total. The zero-order valence-corrected chi connectivity index (χ0v) is 24.3. The number of benzene rings is 2. The minimum atomic E-state index is -2.98. The van der Waals surface area contributed by atoms with Crippen LogP contribution in [-0.4, -0.2) is 55.9 Å². The van der Waals surface area contributed by atoms with Crippen LogP contribution in [-0.2, 0) is 19.2 Å². The highest BCUT2D eigenvalue weighted by atomic mass is 16.3. The highest BCUT2D eigenvalue weighted by molar-refractivity contribution is 6.33. The first kappa shape index (κ1) is 29.0. The molecule has 216 valence electrons. The third kappa shape index (κ3) is 3.32. The van der Waals surface area contributed by atoms with Gasteiger partial charge in [0.05, 0.1) is 17.6 Å². The lowest BCUT2D eigenvalue weighted by Gasteiger charge is -2.65. The van der Waals surface area contributed by atoms with E-state index in [4.69, 9.17) is 0 Å². The lowest BCUT2D eigenvalue weighted by Crippen LogP contribution is -2.81. The van der Waals surface area contributed by atoms with Gasteiger partial charge in [-0.3, -0.25) is 24.0 Å². The summed E-state index contributed by atoms with van der Waals surface area (Å²) in [5.41, 5.74) is -4.20. The predicted molar refractivity (Wildman–Crippen MR) is 149 cm³/mol. The van der Waals surface area contributed by atoms with Crippen LogP contribution in [0.15, 0.2) is 36.4 Å². The molecule has 0 aromatic heterocycles. The summed E-state index contributed by atoms with van der Waals surface area (Å²) >= 11 is 0. The number of phenolic OH excluding ortho intramolecular Hbond substituents is 1. The van der Waals surface area contributed by atoms with E-state index in [1.807, 2.05) is 19.1 Å². The molecule has 0 saturated heterocycles. The van der Waals surface area contributed by atoms with E-state index in [0.717, 1.165) is 12.5 Å². The van der Waals surface area contributed by atoms with E-state index >= 15 is 0 Å². The molecule has 0 heterocycles. The van der Waals surface area contributed by atoms with E-state index < -0.39 is 81.0 Å². The Hall–Kier alpha value is -3.49. The lowest BCUT2D eigenvalue weighted by molar-refractivity contribution is -0.240. The molecule has 0 bridgehead atoms. The van der Waals surface area contributed by atoms with Crippen LogP contribution >= 0.6 is 0 Å². The van der Waals surface area contributed by atoms with Gasteiger partial charge >= 0.3 is 0 Å².